The van der Waals surface area contributed by atoms with E-state index in [4.69, 9.17) is 4.74 Å². The van der Waals surface area contributed by atoms with Crippen LogP contribution in [0.15, 0.2) is 24.3 Å². The van der Waals surface area contributed by atoms with Gasteiger partial charge in [0, 0.05) is 23.6 Å². The third-order valence-electron chi connectivity index (χ3n) is 3.89. The highest BCUT2D eigenvalue weighted by molar-refractivity contribution is 5.40. The number of hydrogen-bond donors (Lipinski definition) is 1. The van der Waals surface area contributed by atoms with Gasteiger partial charge in [-0.25, -0.2) is 0 Å². The molecule has 1 aliphatic heterocycles. The summed E-state index contributed by atoms with van der Waals surface area (Å²) in [4.78, 5) is 10.8. The zero-order chi connectivity index (χ0) is 14.5. The Kier molecular flexibility index (Phi) is 5.09. The highest BCUT2D eigenvalue weighted by Gasteiger charge is 2.30. The van der Waals surface area contributed by atoms with Crippen LogP contribution in [0, 0.1) is 16.0 Å². The fraction of sp³-hybridized carbons (Fsp3) is 0.600. The van der Waals surface area contributed by atoms with Crippen molar-refractivity contribution in [1.82, 2.24) is 5.32 Å². The minimum absolute atomic E-state index is 0.211. The molecule has 0 aliphatic carbocycles. The molecule has 5 heteroatoms. The molecule has 1 aromatic rings. The van der Waals surface area contributed by atoms with Gasteiger partial charge in [0.2, 0.25) is 0 Å². The summed E-state index contributed by atoms with van der Waals surface area (Å²) in [5.74, 6) is 0.421. The van der Waals surface area contributed by atoms with Crippen molar-refractivity contribution in [3.63, 3.8) is 0 Å². The number of ether oxygens (including phenoxy) is 1. The average Bonchev–Trinajstić information content (AvgIpc) is 2.85. The fourth-order valence-electron chi connectivity index (χ4n) is 2.90. The molecular formula is C15H22N2O3. The lowest BCUT2D eigenvalue weighted by atomic mass is 9.91. The lowest BCUT2D eigenvalue weighted by Gasteiger charge is -2.23. The molecule has 1 fully saturated rings. The van der Waals surface area contributed by atoms with Gasteiger partial charge in [-0.1, -0.05) is 25.1 Å². The molecule has 3 atom stereocenters. The van der Waals surface area contributed by atoms with E-state index in [2.05, 4.69) is 19.2 Å². The maximum atomic E-state index is 11.1. The van der Waals surface area contributed by atoms with Crippen LogP contribution in [0.1, 0.15) is 25.8 Å². The van der Waals surface area contributed by atoms with E-state index in [0.29, 0.717) is 12.3 Å². The predicted molar refractivity (Wildman–Crippen MR) is 77.8 cm³/mol. The van der Waals surface area contributed by atoms with Crippen LogP contribution in [0.5, 0.6) is 0 Å². The van der Waals surface area contributed by atoms with Crippen LogP contribution in [0.25, 0.3) is 0 Å². The SMILES string of the molecule is CCNC(Cc1ccccc1[N+](=O)[O-])C1COC(C)C1. The molecule has 3 unspecified atom stereocenters. The third kappa shape index (κ3) is 3.55. The second-order valence-electron chi connectivity index (χ2n) is 5.39. The van der Waals surface area contributed by atoms with Gasteiger partial charge in [0.1, 0.15) is 0 Å². The summed E-state index contributed by atoms with van der Waals surface area (Å²) in [6, 6.07) is 7.23. The fourth-order valence-corrected chi connectivity index (χ4v) is 2.90. The molecular weight excluding hydrogens is 256 g/mol. The van der Waals surface area contributed by atoms with Gasteiger partial charge >= 0.3 is 0 Å². The Morgan fingerprint density at radius 3 is 2.85 bits per heavy atom. The molecule has 1 heterocycles. The molecule has 1 aromatic carbocycles. The van der Waals surface area contributed by atoms with Crippen LogP contribution >= 0.6 is 0 Å². The van der Waals surface area contributed by atoms with Gasteiger partial charge in [0.05, 0.1) is 17.6 Å². The molecule has 20 heavy (non-hydrogen) atoms. The molecule has 0 amide bonds. The maximum absolute atomic E-state index is 11.1. The average molecular weight is 278 g/mol. The number of para-hydroxylation sites is 1. The van der Waals surface area contributed by atoms with E-state index in [1.807, 2.05) is 12.1 Å². The first-order valence-corrected chi connectivity index (χ1v) is 7.19. The summed E-state index contributed by atoms with van der Waals surface area (Å²) < 4.78 is 5.63. The van der Waals surface area contributed by atoms with Crippen LogP contribution in [0.4, 0.5) is 5.69 Å². The molecule has 5 nitrogen and oxygen atoms in total. The van der Waals surface area contributed by atoms with Gasteiger partial charge in [0.15, 0.2) is 0 Å². The Bertz CT molecular complexity index is 464. The first-order valence-electron chi connectivity index (χ1n) is 7.19. The van der Waals surface area contributed by atoms with Crippen molar-refractivity contribution in [2.75, 3.05) is 13.2 Å². The molecule has 1 N–H and O–H groups in total. The third-order valence-corrected chi connectivity index (χ3v) is 3.89. The molecule has 0 radical (unpaired) electrons. The summed E-state index contributed by atoms with van der Waals surface area (Å²) in [6.45, 7) is 5.73. The molecule has 110 valence electrons. The summed E-state index contributed by atoms with van der Waals surface area (Å²) >= 11 is 0. The second kappa shape index (κ2) is 6.81. The monoisotopic (exact) mass is 278 g/mol. The van der Waals surface area contributed by atoms with Crippen LogP contribution in [-0.4, -0.2) is 30.2 Å². The zero-order valence-corrected chi connectivity index (χ0v) is 12.0. The van der Waals surface area contributed by atoms with Gasteiger partial charge in [-0.2, -0.15) is 0 Å². The molecule has 2 rings (SSSR count). The van der Waals surface area contributed by atoms with Crippen LogP contribution in [-0.2, 0) is 11.2 Å². The van der Waals surface area contributed by atoms with Crippen molar-refractivity contribution in [1.29, 1.82) is 0 Å². The van der Waals surface area contributed by atoms with Crippen molar-refractivity contribution in [2.24, 2.45) is 5.92 Å². The van der Waals surface area contributed by atoms with E-state index < -0.39 is 0 Å². The minimum Gasteiger partial charge on any atom is -0.378 e. The van der Waals surface area contributed by atoms with Crippen LogP contribution in [0.3, 0.4) is 0 Å². The van der Waals surface area contributed by atoms with Gasteiger partial charge < -0.3 is 10.1 Å². The number of benzene rings is 1. The number of rotatable bonds is 6. The standard InChI is InChI=1S/C15H22N2O3/c1-3-16-14(13-8-11(2)20-10-13)9-12-6-4-5-7-15(12)17(18)19/h4-7,11,13-14,16H,3,8-10H2,1-2H3. The van der Waals surface area contributed by atoms with Crippen molar-refractivity contribution < 1.29 is 9.66 Å². The summed E-state index contributed by atoms with van der Waals surface area (Å²) in [7, 11) is 0. The lowest BCUT2D eigenvalue weighted by molar-refractivity contribution is -0.385. The zero-order valence-electron chi connectivity index (χ0n) is 12.0. The van der Waals surface area contributed by atoms with Crippen molar-refractivity contribution in [3.05, 3.63) is 39.9 Å². The Balaban J connectivity index is 2.14. The van der Waals surface area contributed by atoms with Crippen molar-refractivity contribution in [3.8, 4) is 0 Å². The van der Waals surface area contributed by atoms with E-state index in [-0.39, 0.29) is 22.8 Å². The lowest BCUT2D eigenvalue weighted by Crippen LogP contribution is -2.38. The van der Waals surface area contributed by atoms with Crippen LogP contribution < -0.4 is 5.32 Å². The highest BCUT2D eigenvalue weighted by Crippen LogP contribution is 2.27. The quantitative estimate of drug-likeness (QED) is 0.641. The normalized spacial score (nSPS) is 23.7. The Hall–Kier alpha value is -1.46. The maximum Gasteiger partial charge on any atom is 0.272 e. The van der Waals surface area contributed by atoms with E-state index in [1.165, 1.54) is 0 Å². The topological polar surface area (TPSA) is 64.4 Å². The first kappa shape index (κ1) is 14.9. The van der Waals surface area contributed by atoms with Gasteiger partial charge in [0.25, 0.3) is 5.69 Å². The molecule has 1 aliphatic rings. The first-order chi connectivity index (χ1) is 9.61. The summed E-state index contributed by atoms with van der Waals surface area (Å²) in [6.07, 6.45) is 1.97. The largest absolute Gasteiger partial charge is 0.378 e. The predicted octanol–water partition coefficient (Wildman–Crippen LogP) is 2.54. The molecule has 0 saturated carbocycles. The molecule has 0 aromatic heterocycles. The van der Waals surface area contributed by atoms with Crippen molar-refractivity contribution >= 4 is 5.69 Å². The number of hydrogen-bond acceptors (Lipinski definition) is 4. The van der Waals surface area contributed by atoms with E-state index in [1.54, 1.807) is 12.1 Å². The smallest absolute Gasteiger partial charge is 0.272 e. The van der Waals surface area contributed by atoms with Gasteiger partial charge in [-0.05, 0) is 26.3 Å². The van der Waals surface area contributed by atoms with Crippen LogP contribution in [0.2, 0.25) is 0 Å². The molecule has 1 saturated heterocycles. The van der Waals surface area contributed by atoms with Gasteiger partial charge in [-0.3, -0.25) is 10.1 Å². The number of nitro groups is 1. The molecule has 0 bridgehead atoms. The van der Waals surface area contributed by atoms with E-state index >= 15 is 0 Å². The summed E-state index contributed by atoms with van der Waals surface area (Å²) in [5.41, 5.74) is 1.00. The minimum atomic E-state index is -0.299. The van der Waals surface area contributed by atoms with E-state index in [9.17, 15) is 10.1 Å². The Morgan fingerprint density at radius 1 is 1.50 bits per heavy atom. The Morgan fingerprint density at radius 2 is 2.25 bits per heavy atom. The van der Waals surface area contributed by atoms with Gasteiger partial charge in [-0.15, -0.1) is 0 Å². The van der Waals surface area contributed by atoms with Crippen molar-refractivity contribution in [2.45, 2.75) is 38.8 Å². The second-order valence-corrected chi connectivity index (χ2v) is 5.39. The number of nitrogens with zero attached hydrogens (tertiary/aromatic N) is 1. The summed E-state index contributed by atoms with van der Waals surface area (Å²) in [5, 5.41) is 14.6. The van der Waals surface area contributed by atoms with E-state index in [0.717, 1.165) is 25.1 Å². The highest BCUT2D eigenvalue weighted by atomic mass is 16.6. The number of nitro benzene ring substituents is 1. The Labute approximate surface area is 119 Å². The number of likely N-dealkylation sites (N-methyl/N-ethyl adjacent to an activating group) is 1. The molecule has 0 spiro atoms. The number of nitrogens with one attached hydrogen (secondary N) is 1.